The molecule has 2 nitrogen and oxygen atoms in total. The molecule has 0 radical (unpaired) electrons. The van der Waals surface area contributed by atoms with Gasteiger partial charge in [0.1, 0.15) is 5.82 Å². The van der Waals surface area contributed by atoms with Crippen LogP contribution in [0, 0.1) is 11.2 Å². The van der Waals surface area contributed by atoms with Crippen LogP contribution in [0.3, 0.4) is 0 Å². The van der Waals surface area contributed by atoms with Crippen LogP contribution >= 0.6 is 0 Å². The van der Waals surface area contributed by atoms with Crippen molar-refractivity contribution in [2.75, 3.05) is 17.6 Å². The molecule has 2 rings (SSSR count). The highest BCUT2D eigenvalue weighted by atomic mass is 19.1. The van der Waals surface area contributed by atoms with Gasteiger partial charge in [-0.3, -0.25) is 0 Å². The Bertz CT molecular complexity index is 352. The standard InChI is InChI=1S/C13H19FN2/c1-2-3-13(4-5-13)9-16-12-7-10(14)6-11(15)8-12/h6-8,16H,2-5,9,15H2,1H3. The maximum atomic E-state index is 13.1. The third-order valence-electron chi connectivity index (χ3n) is 3.33. The van der Waals surface area contributed by atoms with E-state index in [0.29, 0.717) is 11.1 Å². The lowest BCUT2D eigenvalue weighted by Gasteiger charge is -2.16. The highest BCUT2D eigenvalue weighted by molar-refractivity contribution is 5.54. The molecule has 0 atom stereocenters. The first kappa shape index (κ1) is 11.2. The van der Waals surface area contributed by atoms with Gasteiger partial charge in [-0.05, 0) is 42.9 Å². The van der Waals surface area contributed by atoms with Gasteiger partial charge in [-0.1, -0.05) is 13.3 Å². The number of anilines is 2. The molecule has 1 aromatic carbocycles. The molecule has 0 unspecified atom stereocenters. The summed E-state index contributed by atoms with van der Waals surface area (Å²) in [7, 11) is 0. The van der Waals surface area contributed by atoms with Crippen LogP contribution in [-0.2, 0) is 0 Å². The van der Waals surface area contributed by atoms with Crippen LogP contribution < -0.4 is 11.1 Å². The van der Waals surface area contributed by atoms with E-state index in [1.165, 1.54) is 37.8 Å². The summed E-state index contributed by atoms with van der Waals surface area (Å²) in [5.41, 5.74) is 7.33. The van der Waals surface area contributed by atoms with Gasteiger partial charge in [0.05, 0.1) is 0 Å². The van der Waals surface area contributed by atoms with E-state index >= 15 is 0 Å². The van der Waals surface area contributed by atoms with Gasteiger partial charge < -0.3 is 11.1 Å². The lowest BCUT2D eigenvalue weighted by atomic mass is 10.0. The summed E-state index contributed by atoms with van der Waals surface area (Å²) in [6, 6.07) is 4.62. The van der Waals surface area contributed by atoms with Crippen molar-refractivity contribution in [2.24, 2.45) is 5.41 Å². The maximum absolute atomic E-state index is 13.1. The smallest absolute Gasteiger partial charge is 0.127 e. The first-order valence-corrected chi connectivity index (χ1v) is 5.93. The molecule has 0 heterocycles. The van der Waals surface area contributed by atoms with Crippen molar-refractivity contribution in [1.82, 2.24) is 0 Å². The number of hydrogen-bond donors (Lipinski definition) is 2. The SMILES string of the molecule is CCCC1(CNc2cc(N)cc(F)c2)CC1. The molecule has 3 N–H and O–H groups in total. The number of hydrogen-bond acceptors (Lipinski definition) is 2. The molecule has 0 amide bonds. The molecule has 1 aromatic rings. The van der Waals surface area contributed by atoms with Gasteiger partial charge in [0, 0.05) is 17.9 Å². The fraction of sp³-hybridized carbons (Fsp3) is 0.538. The van der Waals surface area contributed by atoms with E-state index in [0.717, 1.165) is 12.2 Å². The summed E-state index contributed by atoms with van der Waals surface area (Å²) in [5.74, 6) is -0.275. The Labute approximate surface area is 96.0 Å². The molecule has 1 aliphatic carbocycles. The second kappa shape index (κ2) is 4.32. The number of nitrogens with one attached hydrogen (secondary N) is 1. The zero-order valence-electron chi connectivity index (χ0n) is 9.72. The number of benzene rings is 1. The molecule has 0 spiro atoms. The molecule has 1 aliphatic rings. The predicted octanol–water partition coefficient (Wildman–Crippen LogP) is 3.40. The molecular formula is C13H19FN2. The van der Waals surface area contributed by atoms with Gasteiger partial charge in [-0.2, -0.15) is 0 Å². The van der Waals surface area contributed by atoms with Gasteiger partial charge in [0.25, 0.3) is 0 Å². The van der Waals surface area contributed by atoms with Gasteiger partial charge in [-0.15, -0.1) is 0 Å². The summed E-state index contributed by atoms with van der Waals surface area (Å²) in [6.45, 7) is 3.14. The molecule has 88 valence electrons. The minimum Gasteiger partial charge on any atom is -0.399 e. The maximum Gasteiger partial charge on any atom is 0.127 e. The quantitative estimate of drug-likeness (QED) is 0.749. The molecule has 0 aliphatic heterocycles. The molecule has 0 aromatic heterocycles. The van der Waals surface area contributed by atoms with Crippen LogP contribution in [0.4, 0.5) is 15.8 Å². The second-order valence-corrected chi connectivity index (χ2v) is 4.88. The van der Waals surface area contributed by atoms with E-state index in [1.807, 2.05) is 0 Å². The second-order valence-electron chi connectivity index (χ2n) is 4.88. The molecule has 3 heteroatoms. The van der Waals surface area contributed by atoms with Gasteiger partial charge in [-0.25, -0.2) is 4.39 Å². The summed E-state index contributed by atoms with van der Waals surface area (Å²) >= 11 is 0. The first-order chi connectivity index (χ1) is 7.63. The van der Waals surface area contributed by atoms with Crippen molar-refractivity contribution in [3.8, 4) is 0 Å². The van der Waals surface area contributed by atoms with Gasteiger partial charge in [0.15, 0.2) is 0 Å². The minimum absolute atomic E-state index is 0.275. The Morgan fingerprint density at radius 1 is 1.38 bits per heavy atom. The third kappa shape index (κ3) is 2.65. The number of nitrogen functional groups attached to an aromatic ring is 1. The highest BCUT2D eigenvalue weighted by Crippen LogP contribution is 2.49. The zero-order valence-corrected chi connectivity index (χ0v) is 9.72. The fourth-order valence-corrected chi connectivity index (χ4v) is 2.23. The van der Waals surface area contributed by atoms with E-state index in [2.05, 4.69) is 12.2 Å². The summed E-state index contributed by atoms with van der Waals surface area (Å²) in [6.07, 6.45) is 5.05. The van der Waals surface area contributed by atoms with E-state index < -0.39 is 0 Å². The van der Waals surface area contributed by atoms with Crippen LogP contribution in [0.2, 0.25) is 0 Å². The lowest BCUT2D eigenvalue weighted by molar-refractivity contribution is 0.485. The zero-order chi connectivity index (χ0) is 11.6. The van der Waals surface area contributed by atoms with Crippen molar-refractivity contribution < 1.29 is 4.39 Å². The number of nitrogens with two attached hydrogens (primary N) is 1. The summed E-state index contributed by atoms with van der Waals surface area (Å²) in [4.78, 5) is 0. The summed E-state index contributed by atoms with van der Waals surface area (Å²) in [5, 5.41) is 3.29. The van der Waals surface area contributed by atoms with E-state index in [1.54, 1.807) is 6.07 Å². The summed E-state index contributed by atoms with van der Waals surface area (Å²) < 4.78 is 13.1. The lowest BCUT2D eigenvalue weighted by Crippen LogP contribution is -2.15. The van der Waals surface area contributed by atoms with E-state index in [-0.39, 0.29) is 5.82 Å². The first-order valence-electron chi connectivity index (χ1n) is 5.93. The van der Waals surface area contributed by atoms with Crippen molar-refractivity contribution in [2.45, 2.75) is 32.6 Å². The topological polar surface area (TPSA) is 38.0 Å². The molecular weight excluding hydrogens is 203 g/mol. The molecule has 0 bridgehead atoms. The average molecular weight is 222 g/mol. The monoisotopic (exact) mass is 222 g/mol. The van der Waals surface area contributed by atoms with Crippen molar-refractivity contribution in [3.05, 3.63) is 24.0 Å². The molecule has 16 heavy (non-hydrogen) atoms. The van der Waals surface area contributed by atoms with Crippen LogP contribution in [0.1, 0.15) is 32.6 Å². The van der Waals surface area contributed by atoms with Crippen molar-refractivity contribution >= 4 is 11.4 Å². The molecule has 1 fully saturated rings. The molecule has 0 saturated heterocycles. The minimum atomic E-state index is -0.275. The van der Waals surface area contributed by atoms with Crippen LogP contribution in [0.25, 0.3) is 0 Å². The van der Waals surface area contributed by atoms with E-state index in [4.69, 9.17) is 5.73 Å². The normalized spacial score (nSPS) is 17.1. The van der Waals surface area contributed by atoms with Crippen LogP contribution in [-0.4, -0.2) is 6.54 Å². The number of rotatable bonds is 5. The number of halogens is 1. The Kier molecular flexibility index (Phi) is 3.03. The Balaban J connectivity index is 1.94. The Morgan fingerprint density at radius 3 is 2.69 bits per heavy atom. The largest absolute Gasteiger partial charge is 0.399 e. The van der Waals surface area contributed by atoms with Gasteiger partial charge in [0.2, 0.25) is 0 Å². The third-order valence-corrected chi connectivity index (χ3v) is 3.33. The Hall–Kier alpha value is -1.25. The van der Waals surface area contributed by atoms with Gasteiger partial charge >= 0.3 is 0 Å². The molecule has 1 saturated carbocycles. The Morgan fingerprint density at radius 2 is 2.12 bits per heavy atom. The van der Waals surface area contributed by atoms with E-state index in [9.17, 15) is 4.39 Å². The van der Waals surface area contributed by atoms with Crippen molar-refractivity contribution in [3.63, 3.8) is 0 Å². The average Bonchev–Trinajstić information content (AvgIpc) is 2.95. The van der Waals surface area contributed by atoms with Crippen LogP contribution in [0.5, 0.6) is 0 Å². The van der Waals surface area contributed by atoms with Crippen LogP contribution in [0.15, 0.2) is 18.2 Å². The van der Waals surface area contributed by atoms with Crippen molar-refractivity contribution in [1.29, 1.82) is 0 Å². The predicted molar refractivity (Wildman–Crippen MR) is 65.9 cm³/mol. The highest BCUT2D eigenvalue weighted by Gasteiger charge is 2.40. The fourth-order valence-electron chi connectivity index (χ4n) is 2.23.